The minimum absolute atomic E-state index is 0.576. The van der Waals surface area contributed by atoms with Crippen molar-refractivity contribution in [1.82, 2.24) is 0 Å². The molecule has 0 spiro atoms. The van der Waals surface area contributed by atoms with Crippen LogP contribution in [0.1, 0.15) is 88.5 Å². The zero-order valence-electron chi connectivity index (χ0n) is 13.0. The van der Waals surface area contributed by atoms with Crippen LogP contribution in [0.25, 0.3) is 6.08 Å². The predicted octanol–water partition coefficient (Wildman–Crippen LogP) is 6.09. The van der Waals surface area contributed by atoms with E-state index in [0.29, 0.717) is 17.8 Å². The molecule has 1 aromatic carbocycles. The van der Waals surface area contributed by atoms with Crippen molar-refractivity contribution in [2.24, 2.45) is 0 Å². The molecule has 0 amide bonds. The van der Waals surface area contributed by atoms with Crippen LogP contribution in [0.5, 0.6) is 0 Å². The van der Waals surface area contributed by atoms with E-state index in [1.54, 1.807) is 0 Å². The van der Waals surface area contributed by atoms with Crippen LogP contribution in [0.15, 0.2) is 18.2 Å². The van der Waals surface area contributed by atoms with Gasteiger partial charge in [0.05, 0.1) is 0 Å². The first-order valence-corrected chi connectivity index (χ1v) is 7.18. The van der Waals surface area contributed by atoms with Crippen LogP contribution in [0, 0.1) is 0 Å². The van der Waals surface area contributed by atoms with Gasteiger partial charge in [-0.2, -0.15) is 0 Å². The highest BCUT2D eigenvalue weighted by molar-refractivity contribution is 5.61. The minimum atomic E-state index is 0.576. The molecule has 0 aliphatic heterocycles. The molecule has 18 heavy (non-hydrogen) atoms. The van der Waals surface area contributed by atoms with Crippen molar-refractivity contribution in [2.75, 3.05) is 0 Å². The van der Waals surface area contributed by atoms with Gasteiger partial charge in [-0.3, -0.25) is 0 Å². The highest BCUT2D eigenvalue weighted by Gasteiger charge is 2.14. The Bertz CT molecular complexity index is 391. The maximum Gasteiger partial charge on any atom is -0.0190 e. The summed E-state index contributed by atoms with van der Waals surface area (Å²) in [7, 11) is 0. The van der Waals surface area contributed by atoms with Crippen LogP contribution in [0.3, 0.4) is 0 Å². The van der Waals surface area contributed by atoms with E-state index in [4.69, 9.17) is 0 Å². The fourth-order valence-corrected chi connectivity index (χ4v) is 2.37. The van der Waals surface area contributed by atoms with Gasteiger partial charge in [0.2, 0.25) is 0 Å². The lowest BCUT2D eigenvalue weighted by atomic mass is 9.84. The molecule has 0 bridgehead atoms. The van der Waals surface area contributed by atoms with Gasteiger partial charge in [0.1, 0.15) is 0 Å². The summed E-state index contributed by atoms with van der Waals surface area (Å²) in [4.78, 5) is 0. The van der Waals surface area contributed by atoms with Gasteiger partial charge in [-0.25, -0.2) is 0 Å². The van der Waals surface area contributed by atoms with Crippen molar-refractivity contribution < 1.29 is 0 Å². The summed E-state index contributed by atoms with van der Waals surface area (Å²) in [5.74, 6) is 1.75. The first-order valence-electron chi connectivity index (χ1n) is 7.18. The highest BCUT2D eigenvalue weighted by atomic mass is 14.2. The summed E-state index contributed by atoms with van der Waals surface area (Å²) in [5, 5.41) is 0. The summed E-state index contributed by atoms with van der Waals surface area (Å²) < 4.78 is 0. The molecule has 0 aromatic heterocycles. The summed E-state index contributed by atoms with van der Waals surface area (Å²) in [6, 6.07) is 4.80. The van der Waals surface area contributed by atoms with E-state index in [1.807, 2.05) is 0 Å². The normalized spacial score (nSPS) is 12.3. The van der Waals surface area contributed by atoms with Crippen molar-refractivity contribution in [3.8, 4) is 0 Å². The van der Waals surface area contributed by atoms with Crippen molar-refractivity contribution in [1.29, 1.82) is 0 Å². The number of hydrogen-bond acceptors (Lipinski definition) is 0. The molecule has 0 aliphatic rings. The molecule has 0 fully saturated rings. The summed E-state index contributed by atoms with van der Waals surface area (Å²) in [6.07, 6.45) is 4.43. The monoisotopic (exact) mass is 244 g/mol. The third kappa shape index (κ3) is 3.25. The number of allylic oxidation sites excluding steroid dienone is 1. The fraction of sp³-hybridized carbons (Fsp3) is 0.556. The average Bonchev–Trinajstić information content (AvgIpc) is 2.28. The van der Waals surface area contributed by atoms with Gasteiger partial charge in [0.15, 0.2) is 0 Å². The Morgan fingerprint density at radius 3 is 1.50 bits per heavy atom. The van der Waals surface area contributed by atoms with E-state index in [1.165, 1.54) is 22.3 Å². The van der Waals surface area contributed by atoms with E-state index in [9.17, 15) is 0 Å². The van der Waals surface area contributed by atoms with Gasteiger partial charge in [-0.1, -0.05) is 65.8 Å². The Labute approximate surface area is 113 Å². The molecule has 0 radical (unpaired) electrons. The second-order valence-electron chi connectivity index (χ2n) is 6.08. The second-order valence-corrected chi connectivity index (χ2v) is 6.08. The molecule has 1 rings (SSSR count). The SMILES string of the molecule is C/C=C/c1c(C(C)C)cc(C(C)C)cc1C(C)C. The van der Waals surface area contributed by atoms with Crippen molar-refractivity contribution in [3.63, 3.8) is 0 Å². The zero-order chi connectivity index (χ0) is 13.9. The Balaban J connectivity index is 3.54. The molecule has 0 saturated heterocycles. The van der Waals surface area contributed by atoms with E-state index < -0.39 is 0 Å². The van der Waals surface area contributed by atoms with Crippen molar-refractivity contribution >= 4 is 6.08 Å². The molecule has 0 saturated carbocycles. The second kappa shape index (κ2) is 6.22. The van der Waals surface area contributed by atoms with Gasteiger partial charge >= 0.3 is 0 Å². The molecule has 0 nitrogen and oxygen atoms in total. The standard InChI is InChI=1S/C18H28/c1-8-9-16-17(13(4)5)10-15(12(2)3)11-18(16)14(6)7/h8-14H,1-7H3/b9-8+. The molecule has 0 atom stereocenters. The first-order chi connectivity index (χ1) is 8.38. The van der Waals surface area contributed by atoms with Crippen LogP contribution in [-0.2, 0) is 0 Å². The zero-order valence-corrected chi connectivity index (χ0v) is 13.0. The molecule has 100 valence electrons. The van der Waals surface area contributed by atoms with Gasteiger partial charge in [0, 0.05) is 0 Å². The van der Waals surface area contributed by atoms with E-state index >= 15 is 0 Å². The number of hydrogen-bond donors (Lipinski definition) is 0. The molecule has 0 unspecified atom stereocenters. The van der Waals surface area contributed by atoms with Crippen molar-refractivity contribution in [3.05, 3.63) is 40.5 Å². The fourth-order valence-electron chi connectivity index (χ4n) is 2.37. The van der Waals surface area contributed by atoms with Crippen LogP contribution in [0.2, 0.25) is 0 Å². The van der Waals surface area contributed by atoms with E-state index in [0.717, 1.165) is 0 Å². The summed E-state index contributed by atoms with van der Waals surface area (Å²) >= 11 is 0. The maximum atomic E-state index is 2.40. The minimum Gasteiger partial charge on any atom is -0.0870 e. The molecule has 0 heteroatoms. The number of rotatable bonds is 4. The van der Waals surface area contributed by atoms with Crippen LogP contribution < -0.4 is 0 Å². The first kappa shape index (κ1) is 15.0. The van der Waals surface area contributed by atoms with Gasteiger partial charge < -0.3 is 0 Å². The Morgan fingerprint density at radius 2 is 1.22 bits per heavy atom. The summed E-state index contributed by atoms with van der Waals surface area (Å²) in [6.45, 7) is 15.8. The highest BCUT2D eigenvalue weighted by Crippen LogP contribution is 2.32. The molecular weight excluding hydrogens is 216 g/mol. The van der Waals surface area contributed by atoms with Crippen LogP contribution in [-0.4, -0.2) is 0 Å². The summed E-state index contributed by atoms with van der Waals surface area (Å²) in [5.41, 5.74) is 5.88. The Hall–Kier alpha value is -1.04. The Morgan fingerprint density at radius 1 is 0.778 bits per heavy atom. The van der Waals surface area contributed by atoms with Crippen LogP contribution in [0.4, 0.5) is 0 Å². The average molecular weight is 244 g/mol. The quantitative estimate of drug-likeness (QED) is 0.601. The number of benzene rings is 1. The molecule has 0 aliphatic carbocycles. The largest absolute Gasteiger partial charge is 0.0870 e. The van der Waals surface area contributed by atoms with Crippen molar-refractivity contribution in [2.45, 2.75) is 66.2 Å². The van der Waals surface area contributed by atoms with E-state index in [2.05, 4.69) is 72.8 Å². The lowest BCUT2D eigenvalue weighted by Crippen LogP contribution is -2.03. The third-order valence-corrected chi connectivity index (χ3v) is 3.51. The maximum absolute atomic E-state index is 2.40. The lowest BCUT2D eigenvalue weighted by molar-refractivity contribution is 0.801. The smallest absolute Gasteiger partial charge is 0.0190 e. The van der Waals surface area contributed by atoms with Gasteiger partial charge in [0.25, 0.3) is 0 Å². The Kier molecular flexibility index (Phi) is 5.19. The molecule has 1 aromatic rings. The molecule has 0 heterocycles. The van der Waals surface area contributed by atoms with Gasteiger partial charge in [-0.15, -0.1) is 0 Å². The predicted molar refractivity (Wildman–Crippen MR) is 83.4 cm³/mol. The molecule has 0 N–H and O–H groups in total. The lowest BCUT2D eigenvalue weighted by Gasteiger charge is -2.21. The van der Waals surface area contributed by atoms with Crippen LogP contribution >= 0.6 is 0 Å². The van der Waals surface area contributed by atoms with Gasteiger partial charge in [-0.05, 0) is 46.9 Å². The third-order valence-electron chi connectivity index (χ3n) is 3.51. The van der Waals surface area contributed by atoms with E-state index in [-0.39, 0.29) is 0 Å². The topological polar surface area (TPSA) is 0 Å². The molecular formula is C18H28.